The first-order valence-corrected chi connectivity index (χ1v) is 4.59. The molecule has 1 nitrogen and oxygen atoms in total. The first kappa shape index (κ1) is 7.81. The van der Waals surface area contributed by atoms with Gasteiger partial charge in [-0.05, 0) is 29.5 Å². The molecule has 0 spiro atoms. The zero-order chi connectivity index (χ0) is 8.39. The predicted octanol–water partition coefficient (Wildman–Crippen LogP) is 2.32. The summed E-state index contributed by atoms with van der Waals surface area (Å²) >= 11 is 0. The summed E-state index contributed by atoms with van der Waals surface area (Å²) in [7, 11) is 0. The Kier molecular flexibility index (Phi) is 2.13. The van der Waals surface area contributed by atoms with Gasteiger partial charge in [0, 0.05) is 0 Å². The average molecular weight is 162 g/mol. The second-order valence-corrected chi connectivity index (χ2v) is 3.21. The molecule has 0 aliphatic carbocycles. The number of aryl methyl sites for hydroxylation is 1. The molecule has 0 saturated carbocycles. The van der Waals surface area contributed by atoms with Crippen LogP contribution in [0.2, 0.25) is 0 Å². The molecule has 64 valence electrons. The molecule has 1 aliphatic heterocycles. The van der Waals surface area contributed by atoms with Gasteiger partial charge in [0.2, 0.25) is 0 Å². The van der Waals surface area contributed by atoms with E-state index in [-0.39, 0.29) is 0 Å². The highest BCUT2D eigenvalue weighted by Crippen LogP contribution is 2.20. The van der Waals surface area contributed by atoms with Crippen molar-refractivity contribution in [2.75, 3.05) is 6.61 Å². The van der Waals surface area contributed by atoms with E-state index >= 15 is 0 Å². The van der Waals surface area contributed by atoms with E-state index in [0.29, 0.717) is 0 Å². The summed E-state index contributed by atoms with van der Waals surface area (Å²) in [5.74, 6) is 0. The topological polar surface area (TPSA) is 9.23 Å². The smallest absolute Gasteiger partial charge is 0.0719 e. The SMILES string of the molecule is CCc1cccc2c1CCOC2. The van der Waals surface area contributed by atoms with E-state index in [2.05, 4.69) is 25.1 Å². The van der Waals surface area contributed by atoms with Crippen molar-refractivity contribution in [3.05, 3.63) is 34.9 Å². The number of fused-ring (bicyclic) bond motifs is 1. The van der Waals surface area contributed by atoms with Crippen molar-refractivity contribution in [1.29, 1.82) is 0 Å². The largest absolute Gasteiger partial charge is 0.376 e. The second kappa shape index (κ2) is 3.28. The molecule has 0 unspecified atom stereocenters. The second-order valence-electron chi connectivity index (χ2n) is 3.21. The van der Waals surface area contributed by atoms with Crippen molar-refractivity contribution < 1.29 is 4.74 Å². The van der Waals surface area contributed by atoms with Crippen LogP contribution in [0.25, 0.3) is 0 Å². The first-order chi connectivity index (χ1) is 5.92. The maximum Gasteiger partial charge on any atom is 0.0719 e. The Balaban J connectivity index is 2.44. The molecule has 0 bridgehead atoms. The van der Waals surface area contributed by atoms with E-state index in [0.717, 1.165) is 26.1 Å². The van der Waals surface area contributed by atoms with Crippen molar-refractivity contribution in [2.45, 2.75) is 26.4 Å². The van der Waals surface area contributed by atoms with Crippen LogP contribution >= 0.6 is 0 Å². The molecule has 1 aromatic rings. The van der Waals surface area contributed by atoms with Crippen LogP contribution in [0.15, 0.2) is 18.2 Å². The van der Waals surface area contributed by atoms with Crippen molar-refractivity contribution in [3.63, 3.8) is 0 Å². The van der Waals surface area contributed by atoms with Gasteiger partial charge >= 0.3 is 0 Å². The van der Waals surface area contributed by atoms with Gasteiger partial charge in [-0.2, -0.15) is 0 Å². The summed E-state index contributed by atoms with van der Waals surface area (Å²) in [6.07, 6.45) is 2.24. The van der Waals surface area contributed by atoms with Crippen LogP contribution in [0.4, 0.5) is 0 Å². The Hall–Kier alpha value is -0.820. The van der Waals surface area contributed by atoms with E-state index in [4.69, 9.17) is 4.74 Å². The fourth-order valence-corrected chi connectivity index (χ4v) is 1.83. The van der Waals surface area contributed by atoms with E-state index in [1.165, 1.54) is 16.7 Å². The molecule has 1 heterocycles. The number of hydrogen-bond donors (Lipinski definition) is 0. The van der Waals surface area contributed by atoms with Gasteiger partial charge in [0.15, 0.2) is 0 Å². The Morgan fingerprint density at radius 1 is 1.42 bits per heavy atom. The third kappa shape index (κ3) is 1.25. The molecule has 0 amide bonds. The minimum Gasteiger partial charge on any atom is -0.376 e. The van der Waals surface area contributed by atoms with Gasteiger partial charge in [0.1, 0.15) is 0 Å². The summed E-state index contributed by atoms with van der Waals surface area (Å²) < 4.78 is 5.40. The Morgan fingerprint density at radius 3 is 3.17 bits per heavy atom. The van der Waals surface area contributed by atoms with Crippen LogP contribution in [0.5, 0.6) is 0 Å². The third-order valence-corrected chi connectivity index (χ3v) is 2.50. The lowest BCUT2D eigenvalue weighted by Gasteiger charge is -2.18. The molecule has 0 aromatic heterocycles. The van der Waals surface area contributed by atoms with Crippen LogP contribution in [-0.4, -0.2) is 6.61 Å². The molecule has 0 atom stereocenters. The van der Waals surface area contributed by atoms with Gasteiger partial charge in [-0.15, -0.1) is 0 Å². The van der Waals surface area contributed by atoms with Crippen LogP contribution in [0, 0.1) is 0 Å². The predicted molar refractivity (Wildman–Crippen MR) is 49.2 cm³/mol. The molecule has 1 aliphatic rings. The number of ether oxygens (including phenoxy) is 1. The number of benzene rings is 1. The Bertz CT molecular complexity index is 264. The lowest BCUT2D eigenvalue weighted by Crippen LogP contribution is -2.11. The van der Waals surface area contributed by atoms with Crippen LogP contribution in [-0.2, 0) is 24.2 Å². The summed E-state index contributed by atoms with van der Waals surface area (Å²) in [4.78, 5) is 0. The minimum absolute atomic E-state index is 0.809. The van der Waals surface area contributed by atoms with E-state index in [9.17, 15) is 0 Å². The van der Waals surface area contributed by atoms with E-state index < -0.39 is 0 Å². The molecule has 2 rings (SSSR count). The Morgan fingerprint density at radius 2 is 2.33 bits per heavy atom. The highest BCUT2D eigenvalue weighted by molar-refractivity contribution is 5.36. The Labute approximate surface area is 73.4 Å². The van der Waals surface area contributed by atoms with Gasteiger partial charge in [-0.1, -0.05) is 25.1 Å². The molecule has 1 aromatic carbocycles. The normalized spacial score (nSPS) is 15.8. The first-order valence-electron chi connectivity index (χ1n) is 4.59. The lowest BCUT2D eigenvalue weighted by atomic mass is 9.96. The monoisotopic (exact) mass is 162 g/mol. The summed E-state index contributed by atoms with van der Waals surface area (Å²) in [6, 6.07) is 6.53. The molecule has 12 heavy (non-hydrogen) atoms. The highest BCUT2D eigenvalue weighted by Gasteiger charge is 2.11. The summed E-state index contributed by atoms with van der Waals surface area (Å²) in [6.45, 7) is 3.91. The fraction of sp³-hybridized carbons (Fsp3) is 0.455. The molecule has 1 heteroatoms. The van der Waals surface area contributed by atoms with Crippen molar-refractivity contribution >= 4 is 0 Å². The molecule has 0 N–H and O–H groups in total. The quantitative estimate of drug-likeness (QED) is 0.615. The van der Waals surface area contributed by atoms with E-state index in [1.54, 1.807) is 0 Å². The maximum absolute atomic E-state index is 5.40. The minimum atomic E-state index is 0.809. The lowest BCUT2D eigenvalue weighted by molar-refractivity contribution is 0.110. The van der Waals surface area contributed by atoms with Crippen LogP contribution < -0.4 is 0 Å². The molecular weight excluding hydrogens is 148 g/mol. The van der Waals surface area contributed by atoms with Crippen molar-refractivity contribution in [3.8, 4) is 0 Å². The number of rotatable bonds is 1. The molecule has 0 radical (unpaired) electrons. The molecule has 0 fully saturated rings. The van der Waals surface area contributed by atoms with E-state index in [1.807, 2.05) is 0 Å². The van der Waals surface area contributed by atoms with Gasteiger partial charge < -0.3 is 4.74 Å². The summed E-state index contributed by atoms with van der Waals surface area (Å²) in [5.41, 5.74) is 4.42. The third-order valence-electron chi connectivity index (χ3n) is 2.50. The fourth-order valence-electron chi connectivity index (χ4n) is 1.83. The number of hydrogen-bond acceptors (Lipinski definition) is 1. The van der Waals surface area contributed by atoms with Crippen molar-refractivity contribution in [2.24, 2.45) is 0 Å². The van der Waals surface area contributed by atoms with Crippen LogP contribution in [0.1, 0.15) is 23.6 Å². The molecular formula is C11H14O. The van der Waals surface area contributed by atoms with Crippen molar-refractivity contribution in [1.82, 2.24) is 0 Å². The average Bonchev–Trinajstić information content (AvgIpc) is 2.17. The molecule has 0 saturated heterocycles. The van der Waals surface area contributed by atoms with Gasteiger partial charge in [0.25, 0.3) is 0 Å². The standard InChI is InChI=1S/C11H14O/c1-2-9-4-3-5-10-8-12-7-6-11(9)10/h3-5H,2,6-8H2,1H3. The van der Waals surface area contributed by atoms with Gasteiger partial charge in [0.05, 0.1) is 13.2 Å². The van der Waals surface area contributed by atoms with Gasteiger partial charge in [-0.25, -0.2) is 0 Å². The highest BCUT2D eigenvalue weighted by atomic mass is 16.5. The summed E-state index contributed by atoms with van der Waals surface area (Å²) in [5, 5.41) is 0. The van der Waals surface area contributed by atoms with Crippen LogP contribution in [0.3, 0.4) is 0 Å². The zero-order valence-corrected chi connectivity index (χ0v) is 7.47. The van der Waals surface area contributed by atoms with Gasteiger partial charge in [-0.3, -0.25) is 0 Å². The zero-order valence-electron chi connectivity index (χ0n) is 7.47. The maximum atomic E-state index is 5.40.